The van der Waals surface area contributed by atoms with E-state index in [4.69, 9.17) is 0 Å². The van der Waals surface area contributed by atoms with Gasteiger partial charge in [0.25, 0.3) is 0 Å². The summed E-state index contributed by atoms with van der Waals surface area (Å²) in [6.45, 7) is 6.21. The van der Waals surface area contributed by atoms with Gasteiger partial charge in [-0.2, -0.15) is 0 Å². The molecule has 2 aromatic carbocycles. The maximum Gasteiger partial charge on any atom is 0.238 e. The fourth-order valence-electron chi connectivity index (χ4n) is 2.96. The van der Waals surface area contributed by atoms with Gasteiger partial charge >= 0.3 is 0 Å². The Balaban J connectivity index is 1.50. The first-order chi connectivity index (χ1) is 11.6. The summed E-state index contributed by atoms with van der Waals surface area (Å²) in [5, 5.41) is 3.03. The lowest BCUT2D eigenvalue weighted by molar-refractivity contribution is -0.117. The molecule has 0 unspecified atom stereocenters. The number of anilines is 2. The summed E-state index contributed by atoms with van der Waals surface area (Å²) >= 11 is 2.28. The van der Waals surface area contributed by atoms with Crippen LogP contribution in [0.25, 0.3) is 0 Å². The molecule has 0 atom stereocenters. The van der Waals surface area contributed by atoms with Gasteiger partial charge in [-0.15, -0.1) is 0 Å². The molecule has 0 aromatic heterocycles. The summed E-state index contributed by atoms with van der Waals surface area (Å²) in [4.78, 5) is 16.9. The molecular formula is C19H22IN3O. The van der Waals surface area contributed by atoms with Crippen LogP contribution in [0.2, 0.25) is 0 Å². The molecule has 24 heavy (non-hydrogen) atoms. The second-order valence-corrected chi connectivity index (χ2v) is 7.35. The Hall–Kier alpha value is -1.60. The number of rotatable bonds is 4. The SMILES string of the molecule is Cc1cc(I)ccc1NC(=O)CN1CCN(c2ccccc2)CC1. The van der Waals surface area contributed by atoms with Crippen molar-refractivity contribution in [2.45, 2.75) is 6.92 Å². The molecule has 0 aliphatic carbocycles. The maximum atomic E-state index is 12.3. The number of benzene rings is 2. The first-order valence-corrected chi connectivity index (χ1v) is 9.28. The average molecular weight is 435 g/mol. The van der Waals surface area contributed by atoms with E-state index in [0.717, 1.165) is 37.4 Å². The molecular weight excluding hydrogens is 413 g/mol. The molecule has 1 saturated heterocycles. The summed E-state index contributed by atoms with van der Waals surface area (Å²) in [5.41, 5.74) is 3.27. The monoisotopic (exact) mass is 435 g/mol. The van der Waals surface area contributed by atoms with Gasteiger partial charge in [-0.05, 0) is 65.4 Å². The van der Waals surface area contributed by atoms with Gasteiger partial charge < -0.3 is 10.2 Å². The molecule has 1 aliphatic rings. The van der Waals surface area contributed by atoms with Crippen molar-refractivity contribution in [2.24, 2.45) is 0 Å². The van der Waals surface area contributed by atoms with Gasteiger partial charge in [0.1, 0.15) is 0 Å². The highest BCUT2D eigenvalue weighted by Gasteiger charge is 2.19. The lowest BCUT2D eigenvalue weighted by atomic mass is 10.2. The van der Waals surface area contributed by atoms with Crippen LogP contribution in [0.4, 0.5) is 11.4 Å². The minimum absolute atomic E-state index is 0.0625. The normalized spacial score (nSPS) is 15.3. The molecule has 0 spiro atoms. The van der Waals surface area contributed by atoms with E-state index < -0.39 is 0 Å². The van der Waals surface area contributed by atoms with Gasteiger partial charge in [0.05, 0.1) is 6.54 Å². The van der Waals surface area contributed by atoms with Gasteiger partial charge in [0, 0.05) is 41.1 Å². The third kappa shape index (κ3) is 4.48. The number of halogens is 1. The van der Waals surface area contributed by atoms with Crippen molar-refractivity contribution < 1.29 is 4.79 Å². The minimum atomic E-state index is 0.0625. The maximum absolute atomic E-state index is 12.3. The molecule has 5 heteroatoms. The number of nitrogens with one attached hydrogen (secondary N) is 1. The van der Waals surface area contributed by atoms with Gasteiger partial charge in [0.15, 0.2) is 0 Å². The molecule has 0 radical (unpaired) electrons. The first-order valence-electron chi connectivity index (χ1n) is 8.20. The van der Waals surface area contributed by atoms with Crippen molar-refractivity contribution in [2.75, 3.05) is 42.9 Å². The fraction of sp³-hybridized carbons (Fsp3) is 0.316. The van der Waals surface area contributed by atoms with Crippen molar-refractivity contribution >= 4 is 39.9 Å². The van der Waals surface area contributed by atoms with E-state index in [0.29, 0.717) is 6.54 Å². The van der Waals surface area contributed by atoms with Crippen LogP contribution in [-0.4, -0.2) is 43.5 Å². The largest absolute Gasteiger partial charge is 0.369 e. The van der Waals surface area contributed by atoms with Gasteiger partial charge in [-0.3, -0.25) is 9.69 Å². The summed E-state index contributed by atoms with van der Waals surface area (Å²) in [6, 6.07) is 16.5. The Morgan fingerprint density at radius 1 is 1.08 bits per heavy atom. The minimum Gasteiger partial charge on any atom is -0.369 e. The van der Waals surface area contributed by atoms with E-state index >= 15 is 0 Å². The van der Waals surface area contributed by atoms with Crippen molar-refractivity contribution in [1.82, 2.24) is 4.90 Å². The highest BCUT2D eigenvalue weighted by Crippen LogP contribution is 2.18. The number of aryl methyl sites for hydroxylation is 1. The van der Waals surface area contributed by atoms with E-state index in [1.54, 1.807) is 0 Å². The Bertz CT molecular complexity index is 697. The smallest absolute Gasteiger partial charge is 0.238 e. The predicted molar refractivity (Wildman–Crippen MR) is 108 cm³/mol. The number of carbonyl (C=O) groups excluding carboxylic acids is 1. The van der Waals surface area contributed by atoms with E-state index in [1.807, 2.05) is 25.1 Å². The lowest BCUT2D eigenvalue weighted by Crippen LogP contribution is -2.48. The highest BCUT2D eigenvalue weighted by atomic mass is 127. The second-order valence-electron chi connectivity index (χ2n) is 6.11. The van der Waals surface area contributed by atoms with Crippen LogP contribution in [-0.2, 0) is 4.79 Å². The van der Waals surface area contributed by atoms with Crippen molar-refractivity contribution in [1.29, 1.82) is 0 Å². The summed E-state index contributed by atoms with van der Waals surface area (Å²) in [6.07, 6.45) is 0. The Morgan fingerprint density at radius 2 is 1.79 bits per heavy atom. The molecule has 1 aliphatic heterocycles. The van der Waals surface area contributed by atoms with E-state index in [-0.39, 0.29) is 5.91 Å². The van der Waals surface area contributed by atoms with Gasteiger partial charge in [-0.25, -0.2) is 0 Å². The van der Waals surface area contributed by atoms with Gasteiger partial charge in [0.2, 0.25) is 5.91 Å². The Kier molecular flexibility index (Phi) is 5.73. The average Bonchev–Trinajstić information content (AvgIpc) is 2.59. The van der Waals surface area contributed by atoms with Crippen LogP contribution >= 0.6 is 22.6 Å². The molecule has 3 rings (SSSR count). The number of nitrogens with zero attached hydrogens (tertiary/aromatic N) is 2. The molecule has 1 amide bonds. The zero-order chi connectivity index (χ0) is 16.9. The van der Waals surface area contributed by atoms with Crippen LogP contribution in [0.5, 0.6) is 0 Å². The van der Waals surface area contributed by atoms with Crippen LogP contribution in [0.1, 0.15) is 5.56 Å². The second kappa shape index (κ2) is 7.98. The molecule has 4 nitrogen and oxygen atoms in total. The number of para-hydroxylation sites is 1. The van der Waals surface area contributed by atoms with Crippen LogP contribution < -0.4 is 10.2 Å². The van der Waals surface area contributed by atoms with Crippen molar-refractivity contribution in [3.63, 3.8) is 0 Å². The number of hydrogen-bond donors (Lipinski definition) is 1. The zero-order valence-electron chi connectivity index (χ0n) is 13.8. The Morgan fingerprint density at radius 3 is 2.46 bits per heavy atom. The topological polar surface area (TPSA) is 35.6 Å². The summed E-state index contributed by atoms with van der Waals surface area (Å²) in [7, 11) is 0. The molecule has 0 bridgehead atoms. The van der Waals surface area contributed by atoms with Crippen molar-refractivity contribution in [3.05, 3.63) is 57.7 Å². The van der Waals surface area contributed by atoms with E-state index in [9.17, 15) is 4.79 Å². The molecule has 2 aromatic rings. The highest BCUT2D eigenvalue weighted by molar-refractivity contribution is 14.1. The Labute approximate surface area is 157 Å². The number of piperazine rings is 1. The zero-order valence-corrected chi connectivity index (χ0v) is 16.0. The van der Waals surface area contributed by atoms with E-state index in [1.165, 1.54) is 9.26 Å². The molecule has 0 saturated carbocycles. The molecule has 1 heterocycles. The van der Waals surface area contributed by atoms with Gasteiger partial charge in [-0.1, -0.05) is 18.2 Å². The standard InChI is InChI=1S/C19H22IN3O/c1-15-13-16(20)7-8-18(15)21-19(24)14-22-9-11-23(12-10-22)17-5-3-2-4-6-17/h2-8,13H,9-12,14H2,1H3,(H,21,24). The summed E-state index contributed by atoms with van der Waals surface area (Å²) < 4.78 is 1.18. The van der Waals surface area contributed by atoms with Crippen LogP contribution in [0, 0.1) is 10.5 Å². The fourth-order valence-corrected chi connectivity index (χ4v) is 3.61. The molecule has 1 fully saturated rings. The third-order valence-corrected chi connectivity index (χ3v) is 4.99. The number of hydrogen-bond acceptors (Lipinski definition) is 3. The third-order valence-electron chi connectivity index (χ3n) is 4.32. The first kappa shape index (κ1) is 17.2. The van der Waals surface area contributed by atoms with Crippen LogP contribution in [0.3, 0.4) is 0 Å². The lowest BCUT2D eigenvalue weighted by Gasteiger charge is -2.35. The van der Waals surface area contributed by atoms with Crippen LogP contribution in [0.15, 0.2) is 48.5 Å². The van der Waals surface area contributed by atoms with E-state index in [2.05, 4.69) is 68.0 Å². The molecule has 126 valence electrons. The quantitative estimate of drug-likeness (QED) is 0.749. The number of amides is 1. The summed E-state index contributed by atoms with van der Waals surface area (Å²) in [5.74, 6) is 0.0625. The van der Waals surface area contributed by atoms with Crippen molar-refractivity contribution in [3.8, 4) is 0 Å². The molecule has 1 N–H and O–H groups in total. The predicted octanol–water partition coefficient (Wildman–Crippen LogP) is 3.36. The number of carbonyl (C=O) groups is 1.